The first kappa shape index (κ1) is 22.2. The van der Waals surface area contributed by atoms with Gasteiger partial charge in [0, 0.05) is 21.2 Å². The summed E-state index contributed by atoms with van der Waals surface area (Å²) in [5.74, 6) is 0. The van der Waals surface area contributed by atoms with Crippen LogP contribution in [0.15, 0.2) is 55.9 Å². The molecular formula is C19H19NO2S7. The molecule has 2 aliphatic heterocycles. The van der Waals surface area contributed by atoms with E-state index in [0.717, 1.165) is 26.7 Å². The normalized spacial score (nSPS) is 16.9. The van der Waals surface area contributed by atoms with Crippen LogP contribution in [0.2, 0.25) is 0 Å². The van der Waals surface area contributed by atoms with Crippen molar-refractivity contribution in [3.8, 4) is 0 Å². The summed E-state index contributed by atoms with van der Waals surface area (Å²) < 4.78 is 33.4. The molecule has 0 unspecified atom stereocenters. The first-order valence-electron chi connectivity index (χ1n) is 8.60. The minimum atomic E-state index is -3.61. The summed E-state index contributed by atoms with van der Waals surface area (Å²) in [6, 6.07) is 7.06. The van der Waals surface area contributed by atoms with Crippen molar-refractivity contribution in [2.45, 2.75) is 35.5 Å². The molecule has 4 rings (SSSR count). The van der Waals surface area contributed by atoms with Crippen LogP contribution in [0.25, 0.3) is 0 Å². The molecule has 1 aromatic carbocycles. The summed E-state index contributed by atoms with van der Waals surface area (Å²) in [4.78, 5) is 2.46. The molecule has 0 amide bonds. The van der Waals surface area contributed by atoms with Gasteiger partial charge in [-0.1, -0.05) is 64.7 Å². The number of hydrogen-bond donors (Lipinski definition) is 0. The standard InChI is InChI=1S/C19H19NO2S7/c1-10-6-8-13(9-7-10)29(21,22)20-11(2)14-15(12(20)3)26-18(25-14)19-27-16(23-4)17(24-5)28-19/h6-9H,1-5H3. The molecule has 154 valence electrons. The first-order valence-corrected chi connectivity index (χ1v) is 15.8. The van der Waals surface area contributed by atoms with Crippen LogP contribution in [-0.4, -0.2) is 24.9 Å². The van der Waals surface area contributed by atoms with Crippen LogP contribution in [0.4, 0.5) is 0 Å². The second kappa shape index (κ2) is 8.52. The number of aromatic nitrogens is 1. The van der Waals surface area contributed by atoms with Gasteiger partial charge in [-0.25, -0.2) is 12.4 Å². The molecular weight excluding hydrogens is 499 g/mol. The zero-order valence-electron chi connectivity index (χ0n) is 16.4. The van der Waals surface area contributed by atoms with Crippen LogP contribution >= 0.6 is 70.6 Å². The maximum atomic E-state index is 13.3. The van der Waals surface area contributed by atoms with E-state index in [2.05, 4.69) is 12.5 Å². The van der Waals surface area contributed by atoms with Gasteiger partial charge in [0.05, 0.1) is 21.8 Å². The largest absolute Gasteiger partial charge is 0.268 e. The number of hydrogen-bond acceptors (Lipinski definition) is 8. The maximum Gasteiger partial charge on any atom is 0.268 e. The Morgan fingerprint density at radius 2 is 1.21 bits per heavy atom. The van der Waals surface area contributed by atoms with Crippen molar-refractivity contribution >= 4 is 80.6 Å². The van der Waals surface area contributed by atoms with E-state index in [1.165, 1.54) is 20.9 Å². The van der Waals surface area contributed by atoms with E-state index in [9.17, 15) is 8.42 Å². The third-order valence-electron chi connectivity index (χ3n) is 4.50. The lowest BCUT2D eigenvalue weighted by Gasteiger charge is -2.12. The van der Waals surface area contributed by atoms with Gasteiger partial charge in [-0.15, -0.1) is 23.5 Å². The molecule has 2 aromatic rings. The van der Waals surface area contributed by atoms with E-state index in [-0.39, 0.29) is 0 Å². The summed E-state index contributed by atoms with van der Waals surface area (Å²) in [6.07, 6.45) is 4.23. The molecule has 29 heavy (non-hydrogen) atoms. The predicted octanol–water partition coefficient (Wildman–Crippen LogP) is 7.31. The van der Waals surface area contributed by atoms with Crippen LogP contribution in [0.3, 0.4) is 0 Å². The van der Waals surface area contributed by atoms with E-state index >= 15 is 0 Å². The number of rotatable bonds is 4. The molecule has 0 fully saturated rings. The lowest BCUT2D eigenvalue weighted by molar-refractivity contribution is 0.584. The van der Waals surface area contributed by atoms with Gasteiger partial charge >= 0.3 is 0 Å². The molecule has 0 aliphatic carbocycles. The number of nitrogens with zero attached hydrogens (tertiary/aromatic N) is 1. The molecule has 2 aliphatic rings. The zero-order chi connectivity index (χ0) is 20.9. The minimum absolute atomic E-state index is 0.330. The van der Waals surface area contributed by atoms with Crippen LogP contribution < -0.4 is 0 Å². The van der Waals surface area contributed by atoms with Gasteiger partial charge in [-0.05, 0) is 45.4 Å². The Hall–Kier alpha value is 0.0300. The lowest BCUT2D eigenvalue weighted by atomic mass is 10.2. The lowest BCUT2D eigenvalue weighted by Crippen LogP contribution is -2.16. The van der Waals surface area contributed by atoms with Crippen molar-refractivity contribution < 1.29 is 8.42 Å². The highest BCUT2D eigenvalue weighted by atomic mass is 32.3. The molecule has 1 aromatic heterocycles. The van der Waals surface area contributed by atoms with Crippen molar-refractivity contribution in [3.63, 3.8) is 0 Å². The maximum absolute atomic E-state index is 13.3. The number of fused-ring (bicyclic) bond motifs is 1. The molecule has 0 radical (unpaired) electrons. The van der Waals surface area contributed by atoms with Crippen molar-refractivity contribution in [3.05, 3.63) is 58.2 Å². The Bertz CT molecular complexity index is 1110. The van der Waals surface area contributed by atoms with Gasteiger partial charge in [0.1, 0.15) is 0 Å². The monoisotopic (exact) mass is 517 g/mol. The summed E-state index contributed by atoms with van der Waals surface area (Å²) in [5, 5.41) is 0. The summed E-state index contributed by atoms with van der Waals surface area (Å²) >= 11 is 10.7. The van der Waals surface area contributed by atoms with Crippen molar-refractivity contribution in [1.82, 2.24) is 3.97 Å². The third-order valence-corrected chi connectivity index (χ3v) is 14.9. The summed E-state index contributed by atoms with van der Waals surface area (Å²) in [7, 11) is -3.61. The van der Waals surface area contributed by atoms with Crippen LogP contribution in [-0.2, 0) is 10.0 Å². The van der Waals surface area contributed by atoms with E-state index < -0.39 is 10.0 Å². The van der Waals surface area contributed by atoms with Crippen LogP contribution in [0.1, 0.15) is 17.0 Å². The molecule has 0 spiro atoms. The van der Waals surface area contributed by atoms with E-state index in [1.807, 2.05) is 56.4 Å². The van der Waals surface area contributed by atoms with Gasteiger partial charge in [0.15, 0.2) is 0 Å². The van der Waals surface area contributed by atoms with Crippen molar-refractivity contribution in [2.24, 2.45) is 0 Å². The highest BCUT2D eigenvalue weighted by Crippen LogP contribution is 2.64. The van der Waals surface area contributed by atoms with Crippen molar-refractivity contribution in [2.75, 3.05) is 12.5 Å². The second-order valence-electron chi connectivity index (χ2n) is 6.38. The van der Waals surface area contributed by atoms with E-state index in [1.54, 1.807) is 59.2 Å². The van der Waals surface area contributed by atoms with E-state index in [4.69, 9.17) is 0 Å². The average Bonchev–Trinajstić information content (AvgIpc) is 3.36. The Morgan fingerprint density at radius 3 is 1.66 bits per heavy atom. The Labute approximate surface area is 197 Å². The van der Waals surface area contributed by atoms with Crippen molar-refractivity contribution in [1.29, 1.82) is 0 Å². The number of thioether (sulfide) groups is 6. The van der Waals surface area contributed by atoms with E-state index in [0.29, 0.717) is 4.90 Å². The predicted molar refractivity (Wildman–Crippen MR) is 136 cm³/mol. The fourth-order valence-electron chi connectivity index (χ4n) is 3.08. The van der Waals surface area contributed by atoms with Gasteiger partial charge in [0.25, 0.3) is 10.0 Å². The number of benzene rings is 1. The highest BCUT2D eigenvalue weighted by molar-refractivity contribution is 8.41. The third kappa shape index (κ3) is 3.87. The molecule has 0 N–H and O–H groups in total. The Balaban J connectivity index is 1.70. The minimum Gasteiger partial charge on any atom is -0.241 e. The first-order chi connectivity index (χ1) is 13.8. The summed E-state index contributed by atoms with van der Waals surface area (Å²) in [6.45, 7) is 5.78. The average molecular weight is 518 g/mol. The Kier molecular flexibility index (Phi) is 6.53. The number of aryl methyl sites for hydroxylation is 1. The van der Waals surface area contributed by atoms with Crippen LogP contribution in [0, 0.1) is 20.8 Å². The Morgan fingerprint density at radius 1 is 0.759 bits per heavy atom. The summed E-state index contributed by atoms with van der Waals surface area (Å²) in [5.41, 5.74) is 2.63. The highest BCUT2D eigenvalue weighted by Gasteiger charge is 2.35. The molecule has 0 saturated carbocycles. The van der Waals surface area contributed by atoms with Gasteiger partial charge in [-0.2, -0.15) is 0 Å². The molecule has 3 nitrogen and oxygen atoms in total. The fraction of sp³-hybridized carbons (Fsp3) is 0.263. The molecule has 0 saturated heterocycles. The molecule has 0 bridgehead atoms. The molecule has 10 heteroatoms. The smallest absolute Gasteiger partial charge is 0.241 e. The van der Waals surface area contributed by atoms with Gasteiger partial charge in [-0.3, -0.25) is 0 Å². The molecule has 0 atom stereocenters. The quantitative estimate of drug-likeness (QED) is 0.418. The van der Waals surface area contributed by atoms with Crippen LogP contribution in [0.5, 0.6) is 0 Å². The topological polar surface area (TPSA) is 39.1 Å². The van der Waals surface area contributed by atoms with Gasteiger partial charge < -0.3 is 0 Å². The van der Waals surface area contributed by atoms with Gasteiger partial charge in [0.2, 0.25) is 0 Å². The SMILES string of the molecule is CSC1=C(SC)SC(=C2Sc3c(c(C)n(S(=O)(=O)c4ccc(C)cc4)c3C)S2)S1. The second-order valence-corrected chi connectivity index (χ2v) is 14.9. The molecule has 3 heterocycles. The zero-order valence-corrected chi connectivity index (χ0v) is 22.1. The fourth-order valence-corrected chi connectivity index (χ4v) is 12.9.